The normalized spacial score (nSPS) is 17.8. The molecule has 0 unspecified atom stereocenters. The standard InChI is InChI=1S/C8H4BrF2NO2/c9-3-1-4-6(5(13)2-3)12-7(14)8(4,10)11/h1-2,13H,(H,12,14). The van der Waals surface area contributed by atoms with Gasteiger partial charge in [-0.1, -0.05) is 15.9 Å². The summed E-state index contributed by atoms with van der Waals surface area (Å²) in [6.07, 6.45) is 0. The number of anilines is 1. The van der Waals surface area contributed by atoms with Crippen molar-refractivity contribution in [2.45, 2.75) is 5.92 Å². The molecule has 14 heavy (non-hydrogen) atoms. The summed E-state index contributed by atoms with van der Waals surface area (Å²) in [5.74, 6) is -5.36. The molecule has 74 valence electrons. The second-order valence-electron chi connectivity index (χ2n) is 2.88. The maximum absolute atomic E-state index is 13.1. The maximum Gasteiger partial charge on any atom is 0.352 e. The Morgan fingerprint density at radius 3 is 2.71 bits per heavy atom. The Bertz CT molecular complexity index is 434. The Morgan fingerprint density at radius 1 is 1.43 bits per heavy atom. The van der Waals surface area contributed by atoms with Crippen molar-refractivity contribution in [3.05, 3.63) is 22.2 Å². The molecule has 0 aromatic heterocycles. The molecular weight excluding hydrogens is 260 g/mol. The number of phenolic OH excluding ortho intramolecular Hbond substituents is 1. The zero-order valence-electron chi connectivity index (χ0n) is 6.64. The number of rotatable bonds is 0. The smallest absolute Gasteiger partial charge is 0.352 e. The Morgan fingerprint density at radius 2 is 2.07 bits per heavy atom. The Hall–Kier alpha value is -1.17. The summed E-state index contributed by atoms with van der Waals surface area (Å²) in [5, 5.41) is 11.2. The first-order valence-electron chi connectivity index (χ1n) is 3.65. The van der Waals surface area contributed by atoms with Gasteiger partial charge in [0.1, 0.15) is 5.75 Å². The average Bonchev–Trinajstić information content (AvgIpc) is 2.28. The fourth-order valence-corrected chi connectivity index (χ4v) is 1.73. The van der Waals surface area contributed by atoms with Gasteiger partial charge < -0.3 is 10.4 Å². The van der Waals surface area contributed by atoms with E-state index in [4.69, 9.17) is 0 Å². The third-order valence-corrected chi connectivity index (χ3v) is 2.40. The van der Waals surface area contributed by atoms with Crippen LogP contribution in [0.25, 0.3) is 0 Å². The number of phenols is 1. The summed E-state index contributed by atoms with van der Waals surface area (Å²) < 4.78 is 26.6. The average molecular weight is 264 g/mol. The lowest BCUT2D eigenvalue weighted by Crippen LogP contribution is -2.23. The van der Waals surface area contributed by atoms with Gasteiger partial charge in [0.2, 0.25) is 0 Å². The number of carbonyl (C=O) groups excluding carboxylic acids is 1. The van der Waals surface area contributed by atoms with Crippen LogP contribution in [-0.2, 0) is 10.7 Å². The highest BCUT2D eigenvalue weighted by molar-refractivity contribution is 9.10. The van der Waals surface area contributed by atoms with E-state index >= 15 is 0 Å². The van der Waals surface area contributed by atoms with Crippen molar-refractivity contribution in [1.29, 1.82) is 0 Å². The molecule has 6 heteroatoms. The molecule has 2 rings (SSSR count). The fraction of sp³-hybridized carbons (Fsp3) is 0.125. The molecule has 1 amide bonds. The van der Waals surface area contributed by atoms with Crippen molar-refractivity contribution in [3.8, 4) is 5.75 Å². The molecule has 0 spiro atoms. The largest absolute Gasteiger partial charge is 0.506 e. The lowest BCUT2D eigenvalue weighted by atomic mass is 10.1. The number of alkyl halides is 2. The van der Waals surface area contributed by atoms with Gasteiger partial charge in [0.15, 0.2) is 0 Å². The van der Waals surface area contributed by atoms with Gasteiger partial charge in [-0.05, 0) is 12.1 Å². The number of benzene rings is 1. The zero-order valence-corrected chi connectivity index (χ0v) is 8.23. The van der Waals surface area contributed by atoms with Crippen LogP contribution < -0.4 is 5.32 Å². The highest BCUT2D eigenvalue weighted by Gasteiger charge is 2.49. The highest BCUT2D eigenvalue weighted by atomic mass is 79.9. The van der Waals surface area contributed by atoms with Gasteiger partial charge >= 0.3 is 5.92 Å². The minimum absolute atomic E-state index is 0.219. The fourth-order valence-electron chi connectivity index (χ4n) is 1.29. The van der Waals surface area contributed by atoms with Gasteiger partial charge in [-0.25, -0.2) is 0 Å². The van der Waals surface area contributed by atoms with Crippen LogP contribution in [-0.4, -0.2) is 11.0 Å². The van der Waals surface area contributed by atoms with E-state index < -0.39 is 17.4 Å². The van der Waals surface area contributed by atoms with E-state index in [1.807, 2.05) is 5.32 Å². The molecule has 1 aliphatic heterocycles. The summed E-state index contributed by atoms with van der Waals surface area (Å²) in [7, 11) is 0. The molecular formula is C8H4BrF2NO2. The number of carbonyl (C=O) groups is 1. The lowest BCUT2D eigenvalue weighted by molar-refractivity contribution is -0.139. The van der Waals surface area contributed by atoms with Crippen molar-refractivity contribution in [3.63, 3.8) is 0 Å². The number of fused-ring (bicyclic) bond motifs is 1. The SMILES string of the molecule is O=C1Nc2c(O)cc(Br)cc2C1(F)F. The van der Waals surface area contributed by atoms with Crippen LogP contribution in [0.4, 0.5) is 14.5 Å². The number of hydrogen-bond acceptors (Lipinski definition) is 2. The van der Waals surface area contributed by atoms with E-state index in [1.54, 1.807) is 0 Å². The summed E-state index contributed by atoms with van der Waals surface area (Å²) in [4.78, 5) is 10.8. The molecule has 0 atom stereocenters. The summed E-state index contributed by atoms with van der Waals surface area (Å²) in [6, 6.07) is 2.34. The predicted octanol–water partition coefficient (Wildman–Crippen LogP) is 2.20. The molecule has 0 radical (unpaired) electrons. The number of halogens is 3. The van der Waals surface area contributed by atoms with Crippen LogP contribution in [0.1, 0.15) is 5.56 Å². The first-order chi connectivity index (χ1) is 6.43. The van der Waals surface area contributed by atoms with E-state index in [2.05, 4.69) is 15.9 Å². The monoisotopic (exact) mass is 263 g/mol. The molecule has 0 bridgehead atoms. The van der Waals surface area contributed by atoms with Crippen molar-refractivity contribution in [2.75, 3.05) is 5.32 Å². The number of aromatic hydroxyl groups is 1. The second kappa shape index (κ2) is 2.66. The third kappa shape index (κ3) is 1.10. The molecule has 1 aromatic carbocycles. The van der Waals surface area contributed by atoms with Crippen LogP contribution in [0.5, 0.6) is 5.75 Å². The molecule has 2 N–H and O–H groups in total. The topological polar surface area (TPSA) is 49.3 Å². The first-order valence-corrected chi connectivity index (χ1v) is 4.44. The van der Waals surface area contributed by atoms with Gasteiger partial charge in [0, 0.05) is 4.47 Å². The summed E-state index contributed by atoms with van der Waals surface area (Å²) in [6.45, 7) is 0. The van der Waals surface area contributed by atoms with Crippen molar-refractivity contribution in [1.82, 2.24) is 0 Å². The summed E-state index contributed by atoms with van der Waals surface area (Å²) in [5.41, 5.74) is -0.724. The Kier molecular flexibility index (Phi) is 1.79. The van der Waals surface area contributed by atoms with Crippen molar-refractivity contribution in [2.24, 2.45) is 0 Å². The lowest BCUT2D eigenvalue weighted by Gasteiger charge is -2.06. The van der Waals surface area contributed by atoms with Crippen LogP contribution in [0, 0.1) is 0 Å². The second-order valence-corrected chi connectivity index (χ2v) is 3.79. The Labute approximate surface area is 85.9 Å². The first kappa shape index (κ1) is 9.39. The third-order valence-electron chi connectivity index (χ3n) is 1.94. The van der Waals surface area contributed by atoms with E-state index in [-0.39, 0.29) is 11.4 Å². The van der Waals surface area contributed by atoms with Crippen LogP contribution >= 0.6 is 15.9 Å². The molecule has 0 fully saturated rings. The van der Waals surface area contributed by atoms with Gasteiger partial charge in [-0.15, -0.1) is 0 Å². The maximum atomic E-state index is 13.1. The zero-order chi connectivity index (χ0) is 10.5. The predicted molar refractivity (Wildman–Crippen MR) is 48.3 cm³/mol. The van der Waals surface area contributed by atoms with Gasteiger partial charge in [0.05, 0.1) is 11.3 Å². The van der Waals surface area contributed by atoms with Gasteiger partial charge in [0.25, 0.3) is 5.91 Å². The van der Waals surface area contributed by atoms with Crippen LogP contribution in [0.2, 0.25) is 0 Å². The molecule has 1 heterocycles. The summed E-state index contributed by atoms with van der Waals surface area (Å²) >= 11 is 2.95. The molecule has 0 saturated carbocycles. The molecule has 0 aliphatic carbocycles. The minimum atomic E-state index is -3.57. The number of hydrogen-bond donors (Lipinski definition) is 2. The number of amides is 1. The van der Waals surface area contributed by atoms with Crippen molar-refractivity contribution >= 4 is 27.5 Å². The molecule has 3 nitrogen and oxygen atoms in total. The molecule has 1 aromatic rings. The van der Waals surface area contributed by atoms with E-state index in [9.17, 15) is 18.7 Å². The van der Waals surface area contributed by atoms with Gasteiger partial charge in [-0.2, -0.15) is 8.78 Å². The van der Waals surface area contributed by atoms with Crippen LogP contribution in [0.15, 0.2) is 16.6 Å². The van der Waals surface area contributed by atoms with E-state index in [0.29, 0.717) is 4.47 Å². The van der Waals surface area contributed by atoms with Crippen LogP contribution in [0.3, 0.4) is 0 Å². The number of nitrogens with one attached hydrogen (secondary N) is 1. The van der Waals surface area contributed by atoms with Gasteiger partial charge in [-0.3, -0.25) is 4.79 Å². The van der Waals surface area contributed by atoms with E-state index in [1.165, 1.54) is 6.07 Å². The van der Waals surface area contributed by atoms with Crippen molar-refractivity contribution < 1.29 is 18.7 Å². The quantitative estimate of drug-likeness (QED) is 0.706. The Balaban J connectivity index is 2.71. The minimum Gasteiger partial charge on any atom is -0.506 e. The highest BCUT2D eigenvalue weighted by Crippen LogP contribution is 2.45. The molecule has 1 aliphatic rings. The van der Waals surface area contributed by atoms with E-state index in [0.717, 1.165) is 6.07 Å². The molecule has 0 saturated heterocycles.